The number of rotatable bonds is 8. The molecular weight excluding hydrogens is 429 g/mol. The van der Waals surface area contributed by atoms with Gasteiger partial charge in [0, 0.05) is 25.1 Å². The van der Waals surface area contributed by atoms with Gasteiger partial charge in [0.2, 0.25) is 5.91 Å². The van der Waals surface area contributed by atoms with E-state index in [1.807, 2.05) is 31.2 Å². The number of nitrogens with one attached hydrogen (secondary N) is 2. The minimum absolute atomic E-state index is 0.00524. The molecule has 3 aromatic rings. The first-order chi connectivity index (χ1) is 14.8. The second-order valence-electron chi connectivity index (χ2n) is 6.69. The lowest BCUT2D eigenvalue weighted by Crippen LogP contribution is -2.24. The number of hydrogen-bond acceptors (Lipinski definition) is 4. The van der Waals surface area contributed by atoms with Crippen LogP contribution in [0.5, 0.6) is 5.75 Å². The zero-order valence-corrected chi connectivity index (χ0v) is 17.5. The number of amides is 1. The minimum atomic E-state index is -4.42. The third kappa shape index (κ3) is 5.94. The molecule has 2 N–H and O–H groups in total. The Bertz CT molecular complexity index is 1090. The molecule has 1 amide bonds. The average molecular weight is 450 g/mol. The molecule has 1 aromatic heterocycles. The molecule has 2 aromatic carbocycles. The Morgan fingerprint density at radius 2 is 1.97 bits per heavy atom. The maximum absolute atomic E-state index is 12.8. The van der Waals surface area contributed by atoms with Gasteiger partial charge in [-0.05, 0) is 61.1 Å². The van der Waals surface area contributed by atoms with Crippen molar-refractivity contribution in [2.24, 2.45) is 0 Å². The maximum Gasteiger partial charge on any atom is 0.416 e. The first-order valence-corrected chi connectivity index (χ1v) is 10.00. The second-order valence-corrected chi connectivity index (χ2v) is 7.07. The molecule has 0 radical (unpaired) electrons. The van der Waals surface area contributed by atoms with Gasteiger partial charge in [-0.15, -0.1) is 0 Å². The summed E-state index contributed by atoms with van der Waals surface area (Å²) in [6.07, 6.45) is -4.33. The van der Waals surface area contributed by atoms with Gasteiger partial charge in [-0.2, -0.15) is 18.3 Å². The molecule has 0 unspecified atom stereocenters. The van der Waals surface area contributed by atoms with Gasteiger partial charge in [-0.3, -0.25) is 14.5 Å². The van der Waals surface area contributed by atoms with E-state index in [1.165, 1.54) is 12.1 Å². The summed E-state index contributed by atoms with van der Waals surface area (Å²) in [7, 11) is 0. The summed E-state index contributed by atoms with van der Waals surface area (Å²) in [4.78, 5) is 12.2. The molecule has 0 saturated carbocycles. The number of alkyl halides is 3. The standard InChI is InChI=1S/C21H21F3N4O2S/c1-2-30-17-8-6-15(7-9-17)19-26-27-20(31)28(19)11-10-18(29)25-13-14-4-3-5-16(12-14)21(22,23)24/h3-9,12H,2,10-11,13H2,1H3,(H,25,29)(H,27,31). The van der Waals surface area contributed by atoms with Crippen LogP contribution in [0.1, 0.15) is 24.5 Å². The van der Waals surface area contributed by atoms with E-state index in [1.54, 1.807) is 4.57 Å². The lowest BCUT2D eigenvalue weighted by atomic mass is 10.1. The summed E-state index contributed by atoms with van der Waals surface area (Å²) in [5, 5.41) is 9.60. The molecule has 10 heteroatoms. The van der Waals surface area contributed by atoms with Crippen molar-refractivity contribution >= 4 is 18.1 Å². The highest BCUT2D eigenvalue weighted by Crippen LogP contribution is 2.29. The van der Waals surface area contributed by atoms with Gasteiger partial charge < -0.3 is 10.1 Å². The van der Waals surface area contributed by atoms with Gasteiger partial charge in [0.15, 0.2) is 10.6 Å². The minimum Gasteiger partial charge on any atom is -0.494 e. The molecule has 0 atom stereocenters. The molecule has 0 aliphatic carbocycles. The van der Waals surface area contributed by atoms with E-state index < -0.39 is 11.7 Å². The molecule has 0 fully saturated rings. The number of hydrogen-bond donors (Lipinski definition) is 2. The zero-order chi connectivity index (χ0) is 22.4. The van der Waals surface area contributed by atoms with Crippen molar-refractivity contribution in [2.45, 2.75) is 32.6 Å². The Kier molecular flexibility index (Phi) is 7.11. The molecule has 31 heavy (non-hydrogen) atoms. The Hall–Kier alpha value is -3.14. The molecular formula is C21H21F3N4O2S. The number of ether oxygens (including phenoxy) is 1. The number of carbonyl (C=O) groups excluding carboxylic acids is 1. The van der Waals surface area contributed by atoms with Crippen molar-refractivity contribution in [2.75, 3.05) is 6.61 Å². The number of aromatic amines is 1. The van der Waals surface area contributed by atoms with E-state index in [-0.39, 0.29) is 25.4 Å². The molecule has 0 aliphatic rings. The Labute approximate surface area is 182 Å². The van der Waals surface area contributed by atoms with Gasteiger partial charge in [0.1, 0.15) is 5.75 Å². The van der Waals surface area contributed by atoms with Gasteiger partial charge >= 0.3 is 6.18 Å². The topological polar surface area (TPSA) is 71.9 Å². The number of nitrogens with zero attached hydrogens (tertiary/aromatic N) is 2. The van der Waals surface area contributed by atoms with Crippen LogP contribution in [0.4, 0.5) is 13.2 Å². The molecule has 0 bridgehead atoms. The number of aromatic nitrogens is 3. The number of halogens is 3. The average Bonchev–Trinajstić information content (AvgIpc) is 3.11. The molecule has 164 valence electrons. The highest BCUT2D eigenvalue weighted by molar-refractivity contribution is 7.71. The summed E-state index contributed by atoms with van der Waals surface area (Å²) in [5.74, 6) is 1.01. The monoisotopic (exact) mass is 450 g/mol. The summed E-state index contributed by atoms with van der Waals surface area (Å²) in [5.41, 5.74) is 0.433. The number of benzene rings is 2. The largest absolute Gasteiger partial charge is 0.494 e. The van der Waals surface area contributed by atoms with Crippen LogP contribution < -0.4 is 10.1 Å². The van der Waals surface area contributed by atoms with Crippen molar-refractivity contribution in [3.05, 3.63) is 64.4 Å². The van der Waals surface area contributed by atoms with E-state index in [2.05, 4.69) is 15.5 Å². The van der Waals surface area contributed by atoms with Gasteiger partial charge in [0.05, 0.1) is 12.2 Å². The summed E-state index contributed by atoms with van der Waals surface area (Å²) >= 11 is 5.26. The highest BCUT2D eigenvalue weighted by atomic mass is 32.1. The normalized spacial score (nSPS) is 11.4. The van der Waals surface area contributed by atoms with E-state index in [4.69, 9.17) is 17.0 Å². The number of carbonyl (C=O) groups is 1. The fourth-order valence-corrected chi connectivity index (χ4v) is 3.20. The Balaban J connectivity index is 1.61. The van der Waals surface area contributed by atoms with Crippen LogP contribution in [0.3, 0.4) is 0 Å². The van der Waals surface area contributed by atoms with E-state index in [0.717, 1.165) is 23.4 Å². The smallest absolute Gasteiger partial charge is 0.416 e. The summed E-state index contributed by atoms with van der Waals surface area (Å²) < 4.78 is 45.9. The van der Waals surface area contributed by atoms with Crippen LogP contribution in [0.15, 0.2) is 48.5 Å². The lowest BCUT2D eigenvalue weighted by molar-refractivity contribution is -0.137. The summed E-state index contributed by atoms with van der Waals surface area (Å²) in [6.45, 7) is 2.74. The molecule has 0 saturated heterocycles. The van der Waals surface area contributed by atoms with E-state index in [0.29, 0.717) is 22.8 Å². The van der Waals surface area contributed by atoms with Crippen LogP contribution >= 0.6 is 12.2 Å². The van der Waals surface area contributed by atoms with Crippen LogP contribution in [0, 0.1) is 4.77 Å². The maximum atomic E-state index is 12.8. The molecule has 3 rings (SSSR count). The van der Waals surface area contributed by atoms with Gasteiger partial charge in [-0.1, -0.05) is 12.1 Å². The molecule has 1 heterocycles. The van der Waals surface area contributed by atoms with Gasteiger partial charge in [0.25, 0.3) is 0 Å². The van der Waals surface area contributed by atoms with Crippen molar-refractivity contribution in [1.29, 1.82) is 0 Å². The fraction of sp³-hybridized carbons (Fsp3) is 0.286. The predicted octanol–water partition coefficient (Wildman–Crippen LogP) is 4.73. The van der Waals surface area contributed by atoms with Crippen molar-refractivity contribution in [1.82, 2.24) is 20.1 Å². The fourth-order valence-electron chi connectivity index (χ4n) is 2.97. The molecule has 6 nitrogen and oxygen atoms in total. The Morgan fingerprint density at radius 1 is 1.23 bits per heavy atom. The predicted molar refractivity (Wildman–Crippen MR) is 112 cm³/mol. The lowest BCUT2D eigenvalue weighted by Gasteiger charge is -2.10. The third-order valence-electron chi connectivity index (χ3n) is 4.49. The van der Waals surface area contributed by atoms with Crippen LogP contribution in [-0.4, -0.2) is 27.3 Å². The van der Waals surface area contributed by atoms with Crippen molar-refractivity contribution in [3.63, 3.8) is 0 Å². The van der Waals surface area contributed by atoms with E-state index >= 15 is 0 Å². The first kappa shape index (κ1) is 22.5. The van der Waals surface area contributed by atoms with Crippen LogP contribution in [-0.2, 0) is 24.1 Å². The van der Waals surface area contributed by atoms with Crippen molar-refractivity contribution < 1.29 is 22.7 Å². The quantitative estimate of drug-likeness (QED) is 0.487. The van der Waals surface area contributed by atoms with Crippen LogP contribution in [0.2, 0.25) is 0 Å². The third-order valence-corrected chi connectivity index (χ3v) is 4.80. The SMILES string of the molecule is CCOc1ccc(-c2n[nH]c(=S)n2CCC(=O)NCc2cccc(C(F)(F)F)c2)cc1. The van der Waals surface area contributed by atoms with E-state index in [9.17, 15) is 18.0 Å². The number of H-pyrrole nitrogens is 1. The molecule has 0 aliphatic heterocycles. The molecule has 0 spiro atoms. The Morgan fingerprint density at radius 3 is 2.65 bits per heavy atom. The second kappa shape index (κ2) is 9.78. The first-order valence-electron chi connectivity index (χ1n) is 9.59. The van der Waals surface area contributed by atoms with Crippen molar-refractivity contribution in [3.8, 4) is 17.1 Å². The highest BCUT2D eigenvalue weighted by Gasteiger charge is 2.30. The van der Waals surface area contributed by atoms with Gasteiger partial charge in [-0.25, -0.2) is 0 Å². The summed E-state index contributed by atoms with van der Waals surface area (Å²) in [6, 6.07) is 12.2. The zero-order valence-electron chi connectivity index (χ0n) is 16.7. The van der Waals surface area contributed by atoms with Crippen LogP contribution in [0.25, 0.3) is 11.4 Å².